The summed E-state index contributed by atoms with van der Waals surface area (Å²) in [5, 5.41) is 9.02. The zero-order valence-electron chi connectivity index (χ0n) is 11.1. The first kappa shape index (κ1) is 14.1. The largest absolute Gasteiger partial charge is 0.477 e. The summed E-state index contributed by atoms with van der Waals surface area (Å²) in [4.78, 5) is 28.1. The van der Waals surface area contributed by atoms with Crippen LogP contribution in [0, 0.1) is 0 Å². The van der Waals surface area contributed by atoms with Crippen molar-refractivity contribution in [1.82, 2.24) is 4.98 Å². The van der Waals surface area contributed by atoms with Gasteiger partial charge in [0.15, 0.2) is 11.5 Å². The number of carbonyl (C=O) groups is 2. The van der Waals surface area contributed by atoms with Crippen molar-refractivity contribution in [3.8, 4) is 0 Å². The first-order chi connectivity index (χ1) is 9.49. The molecule has 1 aliphatic rings. The Morgan fingerprint density at radius 3 is 2.55 bits per heavy atom. The van der Waals surface area contributed by atoms with Crippen LogP contribution >= 0.6 is 0 Å². The fourth-order valence-corrected chi connectivity index (χ4v) is 2.57. The van der Waals surface area contributed by atoms with Crippen LogP contribution in [-0.4, -0.2) is 34.6 Å². The molecule has 1 fully saturated rings. The lowest BCUT2D eigenvalue weighted by Gasteiger charge is -2.29. The summed E-state index contributed by atoms with van der Waals surface area (Å²) in [6.45, 7) is -0.00899. The first-order valence-corrected chi connectivity index (χ1v) is 6.54. The average Bonchev–Trinajstić information content (AvgIpc) is 2.90. The Kier molecular flexibility index (Phi) is 4.07. The van der Waals surface area contributed by atoms with Crippen LogP contribution in [-0.2, 0) is 4.79 Å². The number of aromatic nitrogens is 1. The molecule has 20 heavy (non-hydrogen) atoms. The van der Waals surface area contributed by atoms with Gasteiger partial charge in [-0.1, -0.05) is 12.8 Å². The van der Waals surface area contributed by atoms with Crippen LogP contribution in [0.1, 0.15) is 36.2 Å². The highest BCUT2D eigenvalue weighted by molar-refractivity contribution is 5.87. The van der Waals surface area contributed by atoms with Gasteiger partial charge in [0.25, 0.3) is 0 Å². The summed E-state index contributed by atoms with van der Waals surface area (Å²) in [6, 6.07) is 2.97. The molecule has 0 atom stereocenters. The predicted octanol–water partition coefficient (Wildman–Crippen LogP) is 0.596. The highest BCUT2D eigenvalue weighted by Gasteiger charge is 2.27. The third-order valence-electron chi connectivity index (χ3n) is 3.49. The van der Waals surface area contributed by atoms with Gasteiger partial charge in [0.1, 0.15) is 0 Å². The molecule has 5 N–H and O–H groups in total. The number of hydrogen-bond donors (Lipinski definition) is 3. The smallest absolute Gasteiger partial charge is 0.354 e. The van der Waals surface area contributed by atoms with Crippen molar-refractivity contribution in [2.24, 2.45) is 5.73 Å². The van der Waals surface area contributed by atoms with E-state index in [1.165, 1.54) is 12.1 Å². The van der Waals surface area contributed by atoms with Crippen molar-refractivity contribution in [2.75, 3.05) is 17.2 Å². The lowest BCUT2D eigenvalue weighted by molar-refractivity contribution is -0.116. The normalized spacial score (nSPS) is 15.2. The number of carbonyl (C=O) groups excluding carboxylic acids is 1. The maximum atomic E-state index is 11.3. The predicted molar refractivity (Wildman–Crippen MR) is 74.4 cm³/mol. The molecule has 1 aliphatic carbocycles. The van der Waals surface area contributed by atoms with Crippen molar-refractivity contribution in [2.45, 2.75) is 31.7 Å². The van der Waals surface area contributed by atoms with E-state index in [4.69, 9.17) is 16.6 Å². The van der Waals surface area contributed by atoms with Gasteiger partial charge >= 0.3 is 5.97 Å². The third kappa shape index (κ3) is 2.98. The van der Waals surface area contributed by atoms with E-state index >= 15 is 0 Å². The highest BCUT2D eigenvalue weighted by Crippen LogP contribution is 2.30. The van der Waals surface area contributed by atoms with Crippen LogP contribution in [0.2, 0.25) is 0 Å². The fraction of sp³-hybridized carbons (Fsp3) is 0.462. The molecule has 7 nitrogen and oxygen atoms in total. The molecule has 7 heteroatoms. The van der Waals surface area contributed by atoms with Crippen LogP contribution in [0.5, 0.6) is 0 Å². The molecule has 2 rings (SSSR count). The summed E-state index contributed by atoms with van der Waals surface area (Å²) in [5.41, 5.74) is 11.4. The molecule has 1 saturated carbocycles. The summed E-state index contributed by atoms with van der Waals surface area (Å²) in [7, 11) is 0. The maximum absolute atomic E-state index is 11.3. The molecule has 1 amide bonds. The Bertz CT molecular complexity index is 526. The number of anilines is 2. The number of rotatable bonds is 5. The Morgan fingerprint density at radius 1 is 1.35 bits per heavy atom. The Balaban J connectivity index is 2.38. The number of nitrogen functional groups attached to an aromatic ring is 1. The molecular weight excluding hydrogens is 260 g/mol. The Morgan fingerprint density at radius 2 is 2.00 bits per heavy atom. The van der Waals surface area contributed by atoms with E-state index in [0.717, 1.165) is 25.7 Å². The molecule has 0 saturated heterocycles. The van der Waals surface area contributed by atoms with E-state index in [1.54, 1.807) is 4.90 Å². The second-order valence-corrected chi connectivity index (χ2v) is 4.95. The molecule has 0 radical (unpaired) electrons. The van der Waals surface area contributed by atoms with Crippen molar-refractivity contribution in [1.29, 1.82) is 0 Å². The van der Waals surface area contributed by atoms with Crippen molar-refractivity contribution in [3.05, 3.63) is 17.8 Å². The second-order valence-electron chi connectivity index (χ2n) is 4.95. The van der Waals surface area contributed by atoms with E-state index in [2.05, 4.69) is 4.98 Å². The van der Waals surface area contributed by atoms with Gasteiger partial charge < -0.3 is 21.5 Å². The first-order valence-electron chi connectivity index (χ1n) is 6.54. The molecule has 0 aliphatic heterocycles. The summed E-state index contributed by atoms with van der Waals surface area (Å²) >= 11 is 0. The SMILES string of the molecule is NC(=O)CN(c1nc(C(=O)O)ccc1N)C1CCCC1. The standard InChI is InChI=1S/C13H18N4O3/c14-9-5-6-10(13(19)20)16-12(9)17(7-11(15)18)8-3-1-2-4-8/h5-6,8H,1-4,7,14H2,(H2,15,18)(H,19,20). The van der Waals surface area contributed by atoms with Crippen LogP contribution < -0.4 is 16.4 Å². The highest BCUT2D eigenvalue weighted by atomic mass is 16.4. The minimum Gasteiger partial charge on any atom is -0.477 e. The van der Waals surface area contributed by atoms with Gasteiger partial charge in [-0.05, 0) is 25.0 Å². The molecule has 1 aromatic heterocycles. The Hall–Kier alpha value is -2.31. The summed E-state index contributed by atoms with van der Waals surface area (Å²) in [6.07, 6.45) is 3.98. The van der Waals surface area contributed by atoms with Crippen molar-refractivity contribution < 1.29 is 14.7 Å². The molecule has 0 aromatic carbocycles. The van der Waals surface area contributed by atoms with Gasteiger partial charge in [0, 0.05) is 6.04 Å². The molecule has 0 spiro atoms. The molecule has 108 valence electrons. The number of hydrogen-bond acceptors (Lipinski definition) is 5. The average molecular weight is 278 g/mol. The number of amides is 1. The molecule has 0 bridgehead atoms. The van der Waals surface area contributed by atoms with Crippen LogP contribution in [0.25, 0.3) is 0 Å². The topological polar surface area (TPSA) is 123 Å². The van der Waals surface area contributed by atoms with Crippen LogP contribution in [0.15, 0.2) is 12.1 Å². The lowest BCUT2D eigenvalue weighted by atomic mass is 10.2. The zero-order valence-corrected chi connectivity index (χ0v) is 11.1. The van der Waals surface area contributed by atoms with E-state index in [0.29, 0.717) is 11.5 Å². The third-order valence-corrected chi connectivity index (χ3v) is 3.49. The molecule has 1 aromatic rings. The minimum absolute atomic E-state index is 0.00899. The number of nitrogens with zero attached hydrogens (tertiary/aromatic N) is 2. The van der Waals surface area contributed by atoms with E-state index < -0.39 is 11.9 Å². The second kappa shape index (κ2) is 5.77. The summed E-state index contributed by atoms with van der Waals surface area (Å²) < 4.78 is 0. The van der Waals surface area contributed by atoms with Gasteiger partial charge in [-0.15, -0.1) is 0 Å². The number of carboxylic acids is 1. The minimum atomic E-state index is -1.13. The molecule has 1 heterocycles. The van der Waals surface area contributed by atoms with E-state index in [9.17, 15) is 9.59 Å². The number of aromatic carboxylic acids is 1. The van der Waals surface area contributed by atoms with Crippen molar-refractivity contribution >= 4 is 23.4 Å². The van der Waals surface area contributed by atoms with Gasteiger partial charge in [-0.25, -0.2) is 9.78 Å². The van der Waals surface area contributed by atoms with Gasteiger partial charge in [0.2, 0.25) is 5.91 Å². The van der Waals surface area contributed by atoms with E-state index in [1.807, 2.05) is 0 Å². The van der Waals surface area contributed by atoms with E-state index in [-0.39, 0.29) is 18.3 Å². The molecule has 0 unspecified atom stereocenters. The van der Waals surface area contributed by atoms with Gasteiger partial charge in [-0.3, -0.25) is 4.79 Å². The number of pyridine rings is 1. The van der Waals surface area contributed by atoms with Crippen LogP contribution in [0.4, 0.5) is 11.5 Å². The number of nitrogens with two attached hydrogens (primary N) is 2. The maximum Gasteiger partial charge on any atom is 0.354 e. The Labute approximate surface area is 116 Å². The summed E-state index contributed by atoms with van der Waals surface area (Å²) in [5.74, 6) is -1.29. The fourth-order valence-electron chi connectivity index (χ4n) is 2.57. The number of primary amides is 1. The quantitative estimate of drug-likeness (QED) is 0.724. The monoisotopic (exact) mass is 278 g/mol. The van der Waals surface area contributed by atoms with Crippen molar-refractivity contribution in [3.63, 3.8) is 0 Å². The zero-order chi connectivity index (χ0) is 14.7. The van der Waals surface area contributed by atoms with Gasteiger partial charge in [0.05, 0.1) is 12.2 Å². The van der Waals surface area contributed by atoms with Gasteiger partial charge in [-0.2, -0.15) is 0 Å². The van der Waals surface area contributed by atoms with Crippen LogP contribution in [0.3, 0.4) is 0 Å². The molecular formula is C13H18N4O3. The lowest BCUT2D eigenvalue weighted by Crippen LogP contribution is -2.41. The number of carboxylic acid groups (broad SMARTS) is 1.